The van der Waals surface area contributed by atoms with Gasteiger partial charge in [0.05, 0.1) is 4.90 Å². The van der Waals surface area contributed by atoms with Gasteiger partial charge in [0.1, 0.15) is 5.58 Å². The minimum absolute atomic E-state index is 0.00324. The predicted molar refractivity (Wildman–Crippen MR) is 106 cm³/mol. The molecule has 0 spiro atoms. The van der Waals surface area contributed by atoms with Crippen molar-refractivity contribution in [3.63, 3.8) is 0 Å². The monoisotopic (exact) mass is 413 g/mol. The van der Waals surface area contributed by atoms with Crippen LogP contribution in [0.5, 0.6) is 0 Å². The number of benzene rings is 2. The van der Waals surface area contributed by atoms with Crippen molar-refractivity contribution >= 4 is 32.8 Å². The first-order valence-corrected chi connectivity index (χ1v) is 10.5. The first-order chi connectivity index (χ1) is 13.8. The lowest BCUT2D eigenvalue weighted by Crippen LogP contribution is -2.41. The molecule has 150 valence electrons. The molecule has 0 radical (unpaired) electrons. The maximum atomic E-state index is 12.4. The van der Waals surface area contributed by atoms with E-state index in [-0.39, 0.29) is 22.3 Å². The zero-order chi connectivity index (χ0) is 20.6. The number of amides is 2. The smallest absolute Gasteiger partial charge is 0.305 e. The average molecular weight is 413 g/mol. The summed E-state index contributed by atoms with van der Waals surface area (Å²) < 4.78 is 32.7. The Morgan fingerprint density at radius 3 is 2.45 bits per heavy atom. The topological polar surface area (TPSA) is 118 Å². The molecule has 1 aromatic heterocycles. The summed E-state index contributed by atoms with van der Waals surface area (Å²) in [4.78, 5) is 24.8. The van der Waals surface area contributed by atoms with Crippen molar-refractivity contribution in [1.82, 2.24) is 15.6 Å². The zero-order valence-electron chi connectivity index (χ0n) is 15.6. The normalized spacial score (nSPS) is 14.0. The van der Waals surface area contributed by atoms with Gasteiger partial charge in [-0.15, -0.1) is 0 Å². The van der Waals surface area contributed by atoms with Crippen LogP contribution < -0.4 is 15.6 Å². The summed E-state index contributed by atoms with van der Waals surface area (Å²) >= 11 is 0. The molecule has 1 saturated carbocycles. The van der Waals surface area contributed by atoms with Gasteiger partial charge in [0.15, 0.2) is 5.76 Å². The Balaban J connectivity index is 1.46. The van der Waals surface area contributed by atoms with Gasteiger partial charge in [-0.3, -0.25) is 20.4 Å². The molecule has 9 heteroatoms. The van der Waals surface area contributed by atoms with E-state index < -0.39 is 21.8 Å². The second-order valence-electron chi connectivity index (χ2n) is 6.88. The largest absolute Gasteiger partial charge is 0.451 e. The molecule has 0 atom stereocenters. The number of hydrogen-bond acceptors (Lipinski definition) is 5. The van der Waals surface area contributed by atoms with Crippen LogP contribution in [-0.4, -0.2) is 26.3 Å². The van der Waals surface area contributed by atoms with Gasteiger partial charge in [-0.25, -0.2) is 13.1 Å². The summed E-state index contributed by atoms with van der Waals surface area (Å²) in [6.45, 7) is 1.75. The van der Waals surface area contributed by atoms with Crippen molar-refractivity contribution in [3.8, 4) is 0 Å². The van der Waals surface area contributed by atoms with Crippen LogP contribution in [0.1, 0.15) is 39.3 Å². The number of para-hydroxylation sites is 1. The number of aryl methyl sites for hydroxylation is 1. The van der Waals surface area contributed by atoms with Crippen LogP contribution in [0.25, 0.3) is 11.0 Å². The third kappa shape index (κ3) is 4.01. The number of carbonyl (C=O) groups is 2. The van der Waals surface area contributed by atoms with Gasteiger partial charge < -0.3 is 4.42 Å². The molecule has 4 rings (SSSR count). The predicted octanol–water partition coefficient (Wildman–Crippen LogP) is 2.26. The van der Waals surface area contributed by atoms with Gasteiger partial charge in [-0.2, -0.15) is 0 Å². The maximum absolute atomic E-state index is 12.4. The molecule has 1 heterocycles. The van der Waals surface area contributed by atoms with E-state index >= 15 is 0 Å². The molecule has 3 aromatic rings. The van der Waals surface area contributed by atoms with Crippen LogP contribution in [0, 0.1) is 6.92 Å². The first kappa shape index (κ1) is 19.2. The molecule has 3 N–H and O–H groups in total. The standard InChI is InChI=1S/C20H19N3O5S/c1-12-16-7-2-3-8-17(16)28-18(12)20(25)22-21-19(24)13-5-4-6-15(11-13)29(26,27)23-14-9-10-14/h2-8,11,14,23H,9-10H2,1H3,(H,21,24)(H,22,25). The lowest BCUT2D eigenvalue weighted by atomic mass is 10.1. The number of hydrogen-bond donors (Lipinski definition) is 3. The van der Waals surface area contributed by atoms with Crippen molar-refractivity contribution in [2.45, 2.75) is 30.7 Å². The molecule has 29 heavy (non-hydrogen) atoms. The number of nitrogens with one attached hydrogen (secondary N) is 3. The summed E-state index contributed by atoms with van der Waals surface area (Å²) in [5, 5.41) is 0.810. The fraction of sp³-hybridized carbons (Fsp3) is 0.200. The highest BCUT2D eigenvalue weighted by molar-refractivity contribution is 7.89. The first-order valence-electron chi connectivity index (χ1n) is 9.06. The van der Waals surface area contributed by atoms with Gasteiger partial charge >= 0.3 is 5.91 Å². The third-order valence-corrected chi connectivity index (χ3v) is 6.16. The Morgan fingerprint density at radius 1 is 1.00 bits per heavy atom. The van der Waals surface area contributed by atoms with E-state index in [1.54, 1.807) is 19.1 Å². The number of hydrazine groups is 1. The van der Waals surface area contributed by atoms with Gasteiger partial charge in [0, 0.05) is 22.6 Å². The van der Waals surface area contributed by atoms with Crippen LogP contribution in [0.3, 0.4) is 0 Å². The highest BCUT2D eigenvalue weighted by Crippen LogP contribution is 2.25. The molecule has 0 unspecified atom stereocenters. The Labute approximate surface area is 167 Å². The molecular weight excluding hydrogens is 394 g/mol. The summed E-state index contributed by atoms with van der Waals surface area (Å²) in [7, 11) is -3.68. The van der Waals surface area contributed by atoms with Gasteiger partial charge in [-0.05, 0) is 44.0 Å². The second kappa shape index (κ2) is 7.34. The van der Waals surface area contributed by atoms with Crippen LogP contribution >= 0.6 is 0 Å². The second-order valence-corrected chi connectivity index (χ2v) is 8.60. The molecule has 8 nitrogen and oxygen atoms in total. The van der Waals surface area contributed by atoms with Crippen LogP contribution in [-0.2, 0) is 10.0 Å². The molecule has 1 aliphatic carbocycles. The average Bonchev–Trinajstić information content (AvgIpc) is 3.46. The van der Waals surface area contributed by atoms with Gasteiger partial charge in [0.25, 0.3) is 5.91 Å². The third-order valence-electron chi connectivity index (χ3n) is 4.65. The van der Waals surface area contributed by atoms with Crippen LogP contribution in [0.2, 0.25) is 0 Å². The molecule has 0 bridgehead atoms. The quantitative estimate of drug-likeness (QED) is 0.555. The lowest BCUT2D eigenvalue weighted by molar-refractivity contribution is 0.0831. The number of rotatable bonds is 5. The Hall–Kier alpha value is -3.17. The van der Waals surface area contributed by atoms with Crippen molar-refractivity contribution < 1.29 is 22.4 Å². The minimum Gasteiger partial charge on any atom is -0.451 e. The Morgan fingerprint density at radius 2 is 1.72 bits per heavy atom. The molecule has 0 aliphatic heterocycles. The maximum Gasteiger partial charge on any atom is 0.305 e. The molecular formula is C20H19N3O5S. The van der Waals surface area contributed by atoms with E-state index in [2.05, 4.69) is 15.6 Å². The number of sulfonamides is 1. The van der Waals surface area contributed by atoms with Crippen molar-refractivity contribution in [2.75, 3.05) is 0 Å². The number of fused-ring (bicyclic) bond motifs is 1. The fourth-order valence-corrected chi connectivity index (χ4v) is 4.28. The zero-order valence-corrected chi connectivity index (χ0v) is 16.4. The SMILES string of the molecule is Cc1c(C(=O)NNC(=O)c2cccc(S(=O)(=O)NC3CC3)c2)oc2ccccc12. The van der Waals surface area contributed by atoms with E-state index in [9.17, 15) is 18.0 Å². The minimum atomic E-state index is -3.68. The Kier molecular flexibility index (Phi) is 4.85. The van der Waals surface area contributed by atoms with E-state index in [1.165, 1.54) is 24.3 Å². The van der Waals surface area contributed by atoms with Crippen molar-refractivity contribution in [2.24, 2.45) is 0 Å². The van der Waals surface area contributed by atoms with Crippen LogP contribution in [0.4, 0.5) is 0 Å². The highest BCUT2D eigenvalue weighted by Gasteiger charge is 2.28. The van der Waals surface area contributed by atoms with E-state index in [0.717, 1.165) is 18.2 Å². The van der Waals surface area contributed by atoms with E-state index in [0.29, 0.717) is 11.1 Å². The van der Waals surface area contributed by atoms with Crippen LogP contribution in [0.15, 0.2) is 57.8 Å². The number of furan rings is 1. The Bertz CT molecular complexity index is 1210. The van der Waals surface area contributed by atoms with E-state index in [1.807, 2.05) is 12.1 Å². The van der Waals surface area contributed by atoms with Crippen molar-refractivity contribution in [3.05, 3.63) is 65.4 Å². The van der Waals surface area contributed by atoms with E-state index in [4.69, 9.17) is 4.42 Å². The van der Waals surface area contributed by atoms with Gasteiger partial charge in [-0.1, -0.05) is 24.3 Å². The number of carbonyl (C=O) groups excluding carboxylic acids is 2. The summed E-state index contributed by atoms with van der Waals surface area (Å²) in [6.07, 6.45) is 1.62. The molecule has 2 aromatic carbocycles. The highest BCUT2D eigenvalue weighted by atomic mass is 32.2. The lowest BCUT2D eigenvalue weighted by Gasteiger charge is -2.09. The molecule has 2 amide bonds. The molecule has 1 fully saturated rings. The fourth-order valence-electron chi connectivity index (χ4n) is 2.93. The molecule has 0 saturated heterocycles. The van der Waals surface area contributed by atoms with Crippen molar-refractivity contribution in [1.29, 1.82) is 0 Å². The summed E-state index contributed by atoms with van der Waals surface area (Å²) in [6, 6.07) is 12.8. The summed E-state index contributed by atoms with van der Waals surface area (Å²) in [5.74, 6) is -1.15. The molecule has 1 aliphatic rings. The van der Waals surface area contributed by atoms with Gasteiger partial charge in [0.2, 0.25) is 10.0 Å². The summed E-state index contributed by atoms with van der Waals surface area (Å²) in [5.41, 5.74) is 5.92.